The molecule has 2 unspecified atom stereocenters. The van der Waals surface area contributed by atoms with Crippen molar-refractivity contribution in [3.05, 3.63) is 59.7 Å². The van der Waals surface area contributed by atoms with E-state index < -0.39 is 19.9 Å². The van der Waals surface area contributed by atoms with Crippen LogP contribution in [0.5, 0.6) is 5.75 Å². The topological polar surface area (TPSA) is 78.9 Å². The van der Waals surface area contributed by atoms with Crippen LogP contribution in [-0.4, -0.2) is 28.9 Å². The number of carbonyl (C=O) groups excluding carboxylic acids is 1. The third-order valence-electron chi connectivity index (χ3n) is 4.16. The van der Waals surface area contributed by atoms with E-state index >= 15 is 0 Å². The normalized spacial score (nSPS) is 17.8. The van der Waals surface area contributed by atoms with Gasteiger partial charge in [-0.25, -0.2) is 5.48 Å². The number of methoxy groups -OCH3 is 1. The van der Waals surface area contributed by atoms with Crippen LogP contribution in [0, 0.1) is 0 Å². The summed E-state index contributed by atoms with van der Waals surface area (Å²) in [6.45, 7) is 0.384. The van der Waals surface area contributed by atoms with Gasteiger partial charge in [-0.05, 0) is 40.0 Å². The zero-order valence-corrected chi connectivity index (χ0v) is 14.1. The SMILES string of the molecule is COc1ccc([P+](=O)N2Cc3ccccc3CC2C(=O)NO)cc1. The third-order valence-corrected chi connectivity index (χ3v) is 5.79. The first-order valence-electron chi connectivity index (χ1n) is 7.52. The summed E-state index contributed by atoms with van der Waals surface area (Å²) in [7, 11) is -0.390. The highest BCUT2D eigenvalue weighted by Crippen LogP contribution is 2.36. The maximum absolute atomic E-state index is 13.0. The van der Waals surface area contributed by atoms with Crippen molar-refractivity contribution in [3.8, 4) is 5.75 Å². The number of rotatable bonds is 4. The molecule has 7 heteroatoms. The van der Waals surface area contributed by atoms with E-state index in [-0.39, 0.29) is 0 Å². The molecule has 0 fully saturated rings. The Kier molecular flexibility index (Phi) is 4.90. The highest BCUT2D eigenvalue weighted by atomic mass is 31.1. The van der Waals surface area contributed by atoms with Gasteiger partial charge in [0, 0.05) is 6.42 Å². The Hall–Kier alpha value is -2.27. The van der Waals surface area contributed by atoms with Crippen LogP contribution in [-0.2, 0) is 22.3 Å². The number of amides is 1. The number of hydroxylamine groups is 1. The fraction of sp³-hybridized carbons (Fsp3) is 0.235. The predicted molar refractivity (Wildman–Crippen MR) is 89.6 cm³/mol. The third kappa shape index (κ3) is 3.17. The van der Waals surface area contributed by atoms with Gasteiger partial charge in [-0.3, -0.25) is 10.0 Å². The standard InChI is InChI=1S/C17H17N2O4P/c1-23-14-6-8-15(9-7-14)24(22)19-11-13-5-3-2-4-12(13)10-16(19)17(20)18-21/h2-9,16H,10-11H2,1H3,(H-,18,20,21)/p+1. The lowest BCUT2D eigenvalue weighted by atomic mass is 9.95. The Labute approximate surface area is 140 Å². The zero-order chi connectivity index (χ0) is 17.1. The minimum atomic E-state index is -1.96. The summed E-state index contributed by atoms with van der Waals surface area (Å²) in [4.78, 5) is 12.1. The van der Waals surface area contributed by atoms with E-state index in [1.807, 2.05) is 24.3 Å². The first kappa shape index (κ1) is 16.6. The molecular weight excluding hydrogens is 327 g/mol. The fourth-order valence-electron chi connectivity index (χ4n) is 2.86. The van der Waals surface area contributed by atoms with E-state index in [4.69, 9.17) is 9.94 Å². The van der Waals surface area contributed by atoms with E-state index in [1.54, 1.807) is 41.5 Å². The molecule has 0 saturated carbocycles. The predicted octanol–water partition coefficient (Wildman–Crippen LogP) is 2.00. The molecule has 6 nitrogen and oxygen atoms in total. The van der Waals surface area contributed by atoms with Crippen LogP contribution in [0.25, 0.3) is 0 Å². The minimum absolute atomic E-state index is 0.384. The Balaban J connectivity index is 1.93. The Bertz CT molecular complexity index is 763. The smallest absolute Gasteiger partial charge is 0.475 e. The zero-order valence-electron chi connectivity index (χ0n) is 13.2. The number of hydrogen-bond acceptors (Lipinski definition) is 4. The van der Waals surface area contributed by atoms with Gasteiger partial charge in [0.05, 0.1) is 13.7 Å². The van der Waals surface area contributed by atoms with Crippen molar-refractivity contribution in [2.45, 2.75) is 19.0 Å². The lowest BCUT2D eigenvalue weighted by Gasteiger charge is -2.27. The van der Waals surface area contributed by atoms with E-state index in [2.05, 4.69) is 0 Å². The van der Waals surface area contributed by atoms with Crippen LogP contribution in [0.1, 0.15) is 11.1 Å². The van der Waals surface area contributed by atoms with Gasteiger partial charge in [0.15, 0.2) is 0 Å². The molecule has 0 bridgehead atoms. The number of fused-ring (bicyclic) bond motifs is 1. The molecular formula is C17H18N2O4P+. The van der Waals surface area contributed by atoms with Crippen LogP contribution in [0.4, 0.5) is 0 Å². The number of hydrogen-bond donors (Lipinski definition) is 2. The lowest BCUT2D eigenvalue weighted by molar-refractivity contribution is -0.133. The monoisotopic (exact) mass is 345 g/mol. The van der Waals surface area contributed by atoms with Gasteiger partial charge in [-0.2, -0.15) is 0 Å². The molecule has 0 radical (unpaired) electrons. The maximum atomic E-state index is 13.0. The van der Waals surface area contributed by atoms with Gasteiger partial charge in [0.25, 0.3) is 5.91 Å². The van der Waals surface area contributed by atoms with Gasteiger partial charge >= 0.3 is 7.95 Å². The first-order chi connectivity index (χ1) is 11.6. The molecule has 1 amide bonds. The largest absolute Gasteiger partial charge is 0.497 e. The number of carbonyl (C=O) groups is 1. The van der Waals surface area contributed by atoms with Crippen molar-refractivity contribution in [1.29, 1.82) is 0 Å². The van der Waals surface area contributed by atoms with E-state index in [0.29, 0.717) is 24.0 Å². The number of nitrogens with one attached hydrogen (secondary N) is 1. The van der Waals surface area contributed by atoms with E-state index in [1.165, 1.54) is 0 Å². The van der Waals surface area contributed by atoms with Gasteiger partial charge in [-0.15, -0.1) is 0 Å². The average Bonchev–Trinajstić information content (AvgIpc) is 2.65. The molecule has 0 spiro atoms. The molecule has 0 aliphatic carbocycles. The second-order valence-corrected chi connectivity index (χ2v) is 7.11. The number of nitrogens with zero attached hydrogens (tertiary/aromatic N) is 1. The van der Waals surface area contributed by atoms with Crippen LogP contribution in [0.15, 0.2) is 48.5 Å². The summed E-state index contributed by atoms with van der Waals surface area (Å²) in [5.41, 5.74) is 3.76. The van der Waals surface area contributed by atoms with Crippen molar-refractivity contribution in [1.82, 2.24) is 10.2 Å². The molecule has 3 rings (SSSR count). The van der Waals surface area contributed by atoms with Gasteiger partial charge in [0.1, 0.15) is 11.8 Å². The van der Waals surface area contributed by atoms with Crippen molar-refractivity contribution >= 4 is 19.2 Å². The van der Waals surface area contributed by atoms with Crippen LogP contribution < -0.4 is 15.5 Å². The second-order valence-electron chi connectivity index (χ2n) is 5.53. The molecule has 2 atom stereocenters. The molecule has 0 aromatic heterocycles. The summed E-state index contributed by atoms with van der Waals surface area (Å²) in [5.74, 6) is 0.122. The van der Waals surface area contributed by atoms with Crippen molar-refractivity contribution in [3.63, 3.8) is 0 Å². The Morgan fingerprint density at radius 3 is 2.50 bits per heavy atom. The van der Waals surface area contributed by atoms with Crippen molar-refractivity contribution in [2.24, 2.45) is 0 Å². The molecule has 0 saturated heterocycles. The number of ether oxygens (including phenoxy) is 1. The van der Waals surface area contributed by atoms with Crippen LogP contribution in [0.3, 0.4) is 0 Å². The average molecular weight is 345 g/mol. The summed E-state index contributed by atoms with van der Waals surface area (Å²) in [5, 5.41) is 9.65. The fourth-order valence-corrected chi connectivity index (χ4v) is 4.28. The maximum Gasteiger partial charge on any atom is 0.475 e. The van der Waals surface area contributed by atoms with Crippen LogP contribution >= 0.6 is 7.95 Å². The highest BCUT2D eigenvalue weighted by Gasteiger charge is 2.43. The number of benzene rings is 2. The molecule has 1 aliphatic rings. The summed E-state index contributed by atoms with van der Waals surface area (Å²) < 4.78 is 19.8. The van der Waals surface area contributed by atoms with Crippen molar-refractivity contribution < 1.29 is 19.3 Å². The highest BCUT2D eigenvalue weighted by molar-refractivity contribution is 7.51. The summed E-state index contributed by atoms with van der Waals surface area (Å²) in [6.07, 6.45) is 0.403. The van der Waals surface area contributed by atoms with Gasteiger partial charge < -0.3 is 4.74 Å². The second kappa shape index (κ2) is 7.09. The molecule has 2 aromatic rings. The van der Waals surface area contributed by atoms with E-state index in [9.17, 15) is 9.36 Å². The molecule has 124 valence electrons. The summed E-state index contributed by atoms with van der Waals surface area (Å²) in [6, 6.07) is 14.0. The Morgan fingerprint density at radius 1 is 1.21 bits per heavy atom. The summed E-state index contributed by atoms with van der Waals surface area (Å²) >= 11 is 0. The van der Waals surface area contributed by atoms with Gasteiger partial charge in [0.2, 0.25) is 5.30 Å². The first-order valence-corrected chi connectivity index (χ1v) is 8.74. The van der Waals surface area contributed by atoms with E-state index in [0.717, 1.165) is 11.1 Å². The molecule has 2 N–H and O–H groups in total. The van der Waals surface area contributed by atoms with Crippen molar-refractivity contribution in [2.75, 3.05) is 7.11 Å². The van der Waals surface area contributed by atoms with Gasteiger partial charge in [-0.1, -0.05) is 28.9 Å². The minimum Gasteiger partial charge on any atom is -0.497 e. The Morgan fingerprint density at radius 2 is 1.88 bits per heavy atom. The molecule has 2 aromatic carbocycles. The lowest BCUT2D eigenvalue weighted by Crippen LogP contribution is -2.47. The molecule has 1 heterocycles. The molecule has 24 heavy (non-hydrogen) atoms. The molecule has 1 aliphatic heterocycles. The van der Waals surface area contributed by atoms with Crippen LogP contribution in [0.2, 0.25) is 0 Å². The quantitative estimate of drug-likeness (QED) is 0.503.